The van der Waals surface area contributed by atoms with Crippen LogP contribution in [-0.2, 0) is 19.1 Å². The molecule has 4 atom stereocenters. The number of rotatable bonds is 3. The smallest absolute Gasteiger partial charge is 0.417 e. The molecule has 25 heavy (non-hydrogen) atoms. The molecule has 0 aliphatic carbocycles. The van der Waals surface area contributed by atoms with Crippen LogP contribution in [0.25, 0.3) is 0 Å². The van der Waals surface area contributed by atoms with E-state index in [1.54, 1.807) is 20.8 Å². The predicted octanol–water partition coefficient (Wildman–Crippen LogP) is 3.38. The largest absolute Gasteiger partial charge is 0.460 e. The summed E-state index contributed by atoms with van der Waals surface area (Å²) in [4.78, 5) is 38.8. The lowest BCUT2D eigenvalue weighted by Gasteiger charge is -2.29. The molecule has 142 valence electrons. The molecule has 6 heteroatoms. The number of amides is 2. The summed E-state index contributed by atoms with van der Waals surface area (Å²) in [6, 6.07) is -0.442. The van der Waals surface area contributed by atoms with Crippen LogP contribution in [0.5, 0.6) is 0 Å². The van der Waals surface area contributed by atoms with Gasteiger partial charge in [0.15, 0.2) is 0 Å². The van der Waals surface area contributed by atoms with Crippen molar-refractivity contribution in [2.75, 3.05) is 0 Å². The summed E-state index contributed by atoms with van der Waals surface area (Å²) in [5.74, 6) is -0.609. The number of hydrogen-bond donors (Lipinski definition) is 0. The van der Waals surface area contributed by atoms with Gasteiger partial charge in [-0.05, 0) is 45.4 Å². The normalized spacial score (nSPS) is 30.4. The van der Waals surface area contributed by atoms with Crippen molar-refractivity contribution in [3.8, 4) is 0 Å². The van der Waals surface area contributed by atoms with Crippen LogP contribution in [0.3, 0.4) is 0 Å². The molecule has 0 radical (unpaired) electrons. The first-order chi connectivity index (χ1) is 11.4. The second-order valence-corrected chi connectivity index (χ2v) is 8.90. The van der Waals surface area contributed by atoms with E-state index in [1.165, 1.54) is 4.90 Å². The maximum Gasteiger partial charge on any atom is 0.417 e. The van der Waals surface area contributed by atoms with E-state index < -0.39 is 23.8 Å². The van der Waals surface area contributed by atoms with Gasteiger partial charge in [0, 0.05) is 5.92 Å². The minimum Gasteiger partial charge on any atom is -0.460 e. The molecule has 4 unspecified atom stereocenters. The van der Waals surface area contributed by atoms with Gasteiger partial charge < -0.3 is 9.47 Å². The molecule has 0 spiro atoms. The Bertz CT molecular complexity index is 549. The van der Waals surface area contributed by atoms with E-state index >= 15 is 0 Å². The molecule has 2 heterocycles. The molecular weight excluding hydrogens is 322 g/mol. The van der Waals surface area contributed by atoms with Gasteiger partial charge in [0.05, 0.1) is 12.0 Å². The second kappa shape index (κ2) is 6.96. The lowest BCUT2D eigenvalue weighted by Crippen LogP contribution is -2.47. The molecule has 2 fully saturated rings. The van der Waals surface area contributed by atoms with Gasteiger partial charge in [0.25, 0.3) is 0 Å². The Morgan fingerprint density at radius 1 is 1.08 bits per heavy atom. The quantitative estimate of drug-likeness (QED) is 0.727. The molecule has 2 amide bonds. The van der Waals surface area contributed by atoms with Crippen molar-refractivity contribution in [1.29, 1.82) is 0 Å². The van der Waals surface area contributed by atoms with Crippen LogP contribution >= 0.6 is 0 Å². The first kappa shape index (κ1) is 19.7. The molecule has 0 aromatic carbocycles. The van der Waals surface area contributed by atoms with Crippen LogP contribution in [0, 0.1) is 23.7 Å². The highest BCUT2D eigenvalue weighted by molar-refractivity contribution is 5.96. The Morgan fingerprint density at radius 3 is 2.08 bits per heavy atom. The van der Waals surface area contributed by atoms with E-state index in [4.69, 9.17) is 9.47 Å². The van der Waals surface area contributed by atoms with Crippen molar-refractivity contribution in [2.45, 2.75) is 79.1 Å². The third-order valence-corrected chi connectivity index (χ3v) is 5.07. The monoisotopic (exact) mass is 353 g/mol. The van der Waals surface area contributed by atoms with Gasteiger partial charge in [-0.2, -0.15) is 0 Å². The van der Waals surface area contributed by atoms with Crippen molar-refractivity contribution in [1.82, 2.24) is 4.90 Å². The van der Waals surface area contributed by atoms with E-state index in [-0.39, 0.29) is 35.5 Å². The van der Waals surface area contributed by atoms with E-state index in [9.17, 15) is 14.4 Å². The molecular formula is C19H31NO5. The summed E-state index contributed by atoms with van der Waals surface area (Å²) in [7, 11) is 0. The molecule has 2 aliphatic rings. The Balaban J connectivity index is 2.25. The van der Waals surface area contributed by atoms with Crippen molar-refractivity contribution < 1.29 is 23.9 Å². The van der Waals surface area contributed by atoms with E-state index in [0.29, 0.717) is 12.8 Å². The molecule has 6 nitrogen and oxygen atoms in total. The van der Waals surface area contributed by atoms with Crippen LogP contribution in [0.2, 0.25) is 0 Å². The van der Waals surface area contributed by atoms with Crippen LogP contribution in [0.4, 0.5) is 4.79 Å². The minimum absolute atomic E-state index is 0.112. The van der Waals surface area contributed by atoms with Gasteiger partial charge in [-0.3, -0.25) is 9.59 Å². The molecule has 2 rings (SSSR count). The van der Waals surface area contributed by atoms with Gasteiger partial charge in [0.1, 0.15) is 11.7 Å². The molecule has 0 bridgehead atoms. The Kier molecular flexibility index (Phi) is 5.50. The summed E-state index contributed by atoms with van der Waals surface area (Å²) >= 11 is 0. The first-order valence-electron chi connectivity index (χ1n) is 9.19. The number of imide groups is 1. The Hall–Kier alpha value is -1.59. The standard InChI is InChI=1S/C19H31NO5/c1-10(2)12-8-14(15-9-13(11(3)4)17(22)24-15)20(16(12)21)18(23)25-19(5,6)7/h10-15H,8-9H2,1-7H3. The fourth-order valence-corrected chi connectivity index (χ4v) is 3.63. The second-order valence-electron chi connectivity index (χ2n) is 8.90. The number of ether oxygens (including phenoxy) is 2. The third kappa shape index (κ3) is 4.15. The zero-order valence-corrected chi connectivity index (χ0v) is 16.4. The predicted molar refractivity (Wildman–Crippen MR) is 92.6 cm³/mol. The van der Waals surface area contributed by atoms with Gasteiger partial charge >= 0.3 is 12.1 Å². The van der Waals surface area contributed by atoms with Crippen molar-refractivity contribution in [2.24, 2.45) is 23.7 Å². The molecule has 2 aliphatic heterocycles. The van der Waals surface area contributed by atoms with Crippen molar-refractivity contribution in [3.05, 3.63) is 0 Å². The van der Waals surface area contributed by atoms with E-state index in [2.05, 4.69) is 0 Å². The Labute approximate surface area is 150 Å². The molecule has 0 saturated carbocycles. The Morgan fingerprint density at radius 2 is 1.64 bits per heavy atom. The molecule has 2 saturated heterocycles. The number of esters is 1. The molecule has 0 N–H and O–H groups in total. The van der Waals surface area contributed by atoms with Gasteiger partial charge in [-0.15, -0.1) is 0 Å². The molecule has 0 aromatic heterocycles. The number of nitrogens with zero attached hydrogens (tertiary/aromatic N) is 1. The fraction of sp³-hybridized carbons (Fsp3) is 0.842. The number of carbonyl (C=O) groups excluding carboxylic acids is 3. The van der Waals surface area contributed by atoms with Crippen LogP contribution in [-0.4, -0.2) is 40.6 Å². The number of carbonyl (C=O) groups is 3. The highest BCUT2D eigenvalue weighted by Crippen LogP contribution is 2.39. The lowest BCUT2D eigenvalue weighted by atomic mass is 9.88. The summed E-state index contributed by atoms with van der Waals surface area (Å²) < 4.78 is 11.0. The van der Waals surface area contributed by atoms with Gasteiger partial charge in [0.2, 0.25) is 5.91 Å². The van der Waals surface area contributed by atoms with Crippen LogP contribution in [0.1, 0.15) is 61.3 Å². The maximum absolute atomic E-state index is 12.8. The lowest BCUT2D eigenvalue weighted by molar-refractivity contribution is -0.148. The highest BCUT2D eigenvalue weighted by atomic mass is 16.6. The van der Waals surface area contributed by atoms with Gasteiger partial charge in [-0.25, -0.2) is 9.69 Å². The fourth-order valence-electron chi connectivity index (χ4n) is 3.63. The summed E-state index contributed by atoms with van der Waals surface area (Å²) in [6.07, 6.45) is -0.0355. The summed E-state index contributed by atoms with van der Waals surface area (Å²) in [6.45, 7) is 13.2. The maximum atomic E-state index is 12.8. The first-order valence-corrected chi connectivity index (χ1v) is 9.19. The zero-order valence-electron chi connectivity index (χ0n) is 16.4. The average molecular weight is 353 g/mol. The number of hydrogen-bond acceptors (Lipinski definition) is 5. The molecule has 0 aromatic rings. The third-order valence-electron chi connectivity index (χ3n) is 5.07. The minimum atomic E-state index is -0.690. The van der Waals surface area contributed by atoms with Crippen LogP contribution in [0.15, 0.2) is 0 Å². The summed E-state index contributed by atoms with van der Waals surface area (Å²) in [5.41, 5.74) is -0.690. The number of likely N-dealkylation sites (tertiary alicyclic amines) is 1. The zero-order chi connectivity index (χ0) is 19.1. The average Bonchev–Trinajstić information content (AvgIpc) is 2.97. The van der Waals surface area contributed by atoms with Gasteiger partial charge in [-0.1, -0.05) is 27.7 Å². The summed E-state index contributed by atoms with van der Waals surface area (Å²) in [5, 5.41) is 0. The van der Waals surface area contributed by atoms with E-state index in [0.717, 1.165) is 0 Å². The highest BCUT2D eigenvalue weighted by Gasteiger charge is 2.52. The van der Waals surface area contributed by atoms with E-state index in [1.807, 2.05) is 27.7 Å². The van der Waals surface area contributed by atoms with Crippen LogP contribution < -0.4 is 0 Å². The topological polar surface area (TPSA) is 72.9 Å². The number of cyclic esters (lactones) is 1. The van der Waals surface area contributed by atoms with Crippen molar-refractivity contribution in [3.63, 3.8) is 0 Å². The van der Waals surface area contributed by atoms with Crippen molar-refractivity contribution >= 4 is 18.0 Å². The SMILES string of the molecule is CC(C)C1CC(C2CC(C(C)C)C(=O)N2C(=O)OC(C)(C)C)OC1=O.